The Morgan fingerprint density at radius 2 is 2.28 bits per heavy atom. The molecule has 0 spiro atoms. The van der Waals surface area contributed by atoms with Gasteiger partial charge in [-0.2, -0.15) is 0 Å². The van der Waals surface area contributed by atoms with E-state index in [-0.39, 0.29) is 17.3 Å². The first-order chi connectivity index (χ1) is 8.68. The standard InChI is InChI=1S/C12H14N4O2/c1-15-11(18)3-5-16-9(7-14-12(15)16)8-6-13-4-2-10(8)17/h3,5,7-8,13H,2,4,6H2,1H3. The number of hydrogen-bond donors (Lipinski definition) is 1. The highest BCUT2D eigenvalue weighted by Crippen LogP contribution is 2.20. The van der Waals surface area contributed by atoms with Crippen LogP contribution in [-0.4, -0.2) is 32.8 Å². The Labute approximate surface area is 103 Å². The van der Waals surface area contributed by atoms with Crippen molar-refractivity contribution in [2.45, 2.75) is 12.3 Å². The number of nitrogens with zero attached hydrogens (tertiary/aromatic N) is 3. The molecule has 0 bridgehead atoms. The number of imidazole rings is 1. The molecule has 2 aromatic heterocycles. The molecule has 6 nitrogen and oxygen atoms in total. The summed E-state index contributed by atoms with van der Waals surface area (Å²) in [5.74, 6) is 0.617. The zero-order chi connectivity index (χ0) is 12.7. The molecule has 1 fully saturated rings. The molecule has 1 atom stereocenters. The summed E-state index contributed by atoms with van der Waals surface area (Å²) < 4.78 is 3.29. The van der Waals surface area contributed by atoms with Crippen molar-refractivity contribution >= 4 is 11.6 Å². The number of carbonyl (C=O) groups excluding carboxylic acids is 1. The lowest BCUT2D eigenvalue weighted by Gasteiger charge is -2.21. The number of ketones is 1. The third-order valence-electron chi connectivity index (χ3n) is 3.45. The third kappa shape index (κ3) is 1.57. The van der Waals surface area contributed by atoms with Crippen molar-refractivity contribution in [1.29, 1.82) is 0 Å². The van der Waals surface area contributed by atoms with E-state index < -0.39 is 0 Å². The summed E-state index contributed by atoms with van der Waals surface area (Å²) in [4.78, 5) is 27.7. The summed E-state index contributed by atoms with van der Waals surface area (Å²) in [7, 11) is 1.68. The lowest BCUT2D eigenvalue weighted by atomic mass is 9.95. The molecule has 1 aliphatic rings. The zero-order valence-electron chi connectivity index (χ0n) is 10.1. The minimum absolute atomic E-state index is 0.104. The highest BCUT2D eigenvalue weighted by Gasteiger charge is 2.26. The quantitative estimate of drug-likeness (QED) is 0.748. The van der Waals surface area contributed by atoms with Crippen LogP contribution in [0.2, 0.25) is 0 Å². The fourth-order valence-electron chi connectivity index (χ4n) is 2.39. The van der Waals surface area contributed by atoms with E-state index in [1.165, 1.54) is 10.6 Å². The Morgan fingerprint density at radius 1 is 1.44 bits per heavy atom. The van der Waals surface area contributed by atoms with Gasteiger partial charge in [-0.15, -0.1) is 0 Å². The molecule has 1 N–H and O–H groups in total. The first-order valence-electron chi connectivity index (χ1n) is 5.95. The van der Waals surface area contributed by atoms with Gasteiger partial charge in [-0.1, -0.05) is 0 Å². The summed E-state index contributed by atoms with van der Waals surface area (Å²) in [6.45, 7) is 1.38. The lowest BCUT2D eigenvalue weighted by Crippen LogP contribution is -2.36. The van der Waals surface area contributed by atoms with Crippen molar-refractivity contribution in [3.05, 3.63) is 34.5 Å². The van der Waals surface area contributed by atoms with Gasteiger partial charge in [0.15, 0.2) is 0 Å². The van der Waals surface area contributed by atoms with Crippen molar-refractivity contribution in [3.63, 3.8) is 0 Å². The maximum Gasteiger partial charge on any atom is 0.254 e. The van der Waals surface area contributed by atoms with E-state index >= 15 is 0 Å². The number of hydrogen-bond acceptors (Lipinski definition) is 4. The van der Waals surface area contributed by atoms with Gasteiger partial charge in [0.05, 0.1) is 17.8 Å². The number of piperidine rings is 1. The summed E-state index contributed by atoms with van der Waals surface area (Å²) in [5.41, 5.74) is 0.741. The molecule has 0 aromatic carbocycles. The third-order valence-corrected chi connectivity index (χ3v) is 3.45. The number of Topliss-reactive ketones (excluding diaryl/α,β-unsaturated/α-hetero) is 1. The molecule has 3 heterocycles. The molecule has 18 heavy (non-hydrogen) atoms. The van der Waals surface area contributed by atoms with Gasteiger partial charge in [0.25, 0.3) is 5.56 Å². The largest absolute Gasteiger partial charge is 0.315 e. The van der Waals surface area contributed by atoms with E-state index in [0.29, 0.717) is 18.7 Å². The molecule has 0 radical (unpaired) electrons. The van der Waals surface area contributed by atoms with Crippen molar-refractivity contribution in [2.24, 2.45) is 7.05 Å². The van der Waals surface area contributed by atoms with Crippen molar-refractivity contribution < 1.29 is 4.79 Å². The van der Waals surface area contributed by atoms with Crippen LogP contribution in [0.1, 0.15) is 18.0 Å². The summed E-state index contributed by atoms with van der Waals surface area (Å²) >= 11 is 0. The number of aromatic nitrogens is 3. The average molecular weight is 246 g/mol. The highest BCUT2D eigenvalue weighted by molar-refractivity contribution is 5.86. The molecule has 1 saturated heterocycles. The van der Waals surface area contributed by atoms with Crippen LogP contribution in [0.3, 0.4) is 0 Å². The van der Waals surface area contributed by atoms with Crippen LogP contribution in [0, 0.1) is 0 Å². The van der Waals surface area contributed by atoms with Gasteiger partial charge in [0.2, 0.25) is 5.78 Å². The first-order valence-corrected chi connectivity index (χ1v) is 5.95. The minimum atomic E-state index is -0.175. The van der Waals surface area contributed by atoms with Gasteiger partial charge >= 0.3 is 0 Å². The van der Waals surface area contributed by atoms with E-state index in [9.17, 15) is 9.59 Å². The molecule has 6 heteroatoms. The fraction of sp³-hybridized carbons (Fsp3) is 0.417. The van der Waals surface area contributed by atoms with Crippen molar-refractivity contribution in [1.82, 2.24) is 19.3 Å². The summed E-state index contributed by atoms with van der Waals surface area (Å²) in [6.07, 6.45) is 3.91. The number of rotatable bonds is 1. The maximum atomic E-state index is 11.9. The Morgan fingerprint density at radius 3 is 3.06 bits per heavy atom. The van der Waals surface area contributed by atoms with Crippen LogP contribution < -0.4 is 10.9 Å². The first kappa shape index (κ1) is 11.2. The highest BCUT2D eigenvalue weighted by atomic mass is 16.1. The van der Waals surface area contributed by atoms with Crippen LogP contribution in [0.25, 0.3) is 5.78 Å². The molecule has 94 valence electrons. The predicted octanol–water partition coefficient (Wildman–Crippen LogP) is -0.321. The second-order valence-corrected chi connectivity index (χ2v) is 4.54. The fourth-order valence-corrected chi connectivity index (χ4v) is 2.39. The van der Waals surface area contributed by atoms with E-state index in [1.54, 1.807) is 19.4 Å². The SMILES string of the molecule is Cn1c(=O)ccn2c(C3CNCCC3=O)cnc12. The average Bonchev–Trinajstić information content (AvgIpc) is 2.79. The molecule has 0 saturated carbocycles. The number of carbonyl (C=O) groups is 1. The van der Waals surface area contributed by atoms with E-state index in [2.05, 4.69) is 10.3 Å². The molecule has 0 amide bonds. The summed E-state index contributed by atoms with van der Waals surface area (Å²) in [5, 5.41) is 3.21. The Kier molecular flexibility index (Phi) is 2.52. The van der Waals surface area contributed by atoms with E-state index in [0.717, 1.165) is 12.2 Å². The van der Waals surface area contributed by atoms with Crippen LogP contribution in [0.15, 0.2) is 23.3 Å². The van der Waals surface area contributed by atoms with Gasteiger partial charge in [-0.3, -0.25) is 18.6 Å². The summed E-state index contributed by atoms with van der Waals surface area (Å²) in [6, 6.07) is 1.49. The van der Waals surface area contributed by atoms with Crippen LogP contribution in [-0.2, 0) is 11.8 Å². The van der Waals surface area contributed by atoms with E-state index in [1.807, 2.05) is 4.40 Å². The number of aryl methyl sites for hydroxylation is 1. The van der Waals surface area contributed by atoms with Crippen molar-refractivity contribution in [3.8, 4) is 0 Å². The maximum absolute atomic E-state index is 11.9. The van der Waals surface area contributed by atoms with Crippen LogP contribution in [0.4, 0.5) is 0 Å². The van der Waals surface area contributed by atoms with Gasteiger partial charge in [0, 0.05) is 38.8 Å². The molecule has 3 rings (SSSR count). The molecule has 1 unspecified atom stereocenters. The van der Waals surface area contributed by atoms with Gasteiger partial charge < -0.3 is 5.32 Å². The second-order valence-electron chi connectivity index (χ2n) is 4.54. The lowest BCUT2D eigenvalue weighted by molar-refractivity contribution is -0.121. The molecule has 0 aliphatic carbocycles. The molecular weight excluding hydrogens is 232 g/mol. The zero-order valence-corrected chi connectivity index (χ0v) is 10.1. The van der Waals surface area contributed by atoms with Gasteiger partial charge in [0.1, 0.15) is 5.78 Å². The van der Waals surface area contributed by atoms with E-state index in [4.69, 9.17) is 0 Å². The molecular formula is C12H14N4O2. The Balaban J connectivity index is 2.16. The van der Waals surface area contributed by atoms with Gasteiger partial charge in [-0.25, -0.2) is 4.98 Å². The number of nitrogens with one attached hydrogen (secondary N) is 1. The van der Waals surface area contributed by atoms with Crippen LogP contribution in [0.5, 0.6) is 0 Å². The number of fused-ring (bicyclic) bond motifs is 1. The minimum Gasteiger partial charge on any atom is -0.315 e. The van der Waals surface area contributed by atoms with Crippen molar-refractivity contribution in [2.75, 3.05) is 13.1 Å². The Hall–Kier alpha value is -1.95. The molecule has 1 aliphatic heterocycles. The topological polar surface area (TPSA) is 68.4 Å². The van der Waals surface area contributed by atoms with Gasteiger partial charge in [-0.05, 0) is 0 Å². The predicted molar refractivity (Wildman–Crippen MR) is 65.7 cm³/mol. The normalized spacial score (nSPS) is 20.5. The molecule has 2 aromatic rings. The smallest absolute Gasteiger partial charge is 0.254 e. The Bertz CT molecular complexity index is 670. The second kappa shape index (κ2) is 4.06. The monoisotopic (exact) mass is 246 g/mol. The van der Waals surface area contributed by atoms with Crippen LogP contribution >= 0.6 is 0 Å².